The Bertz CT molecular complexity index is 911. The second-order valence-electron chi connectivity index (χ2n) is 7.66. The zero-order chi connectivity index (χ0) is 23.0. The van der Waals surface area contributed by atoms with E-state index in [4.69, 9.17) is 23.2 Å². The number of nitrogens with zero attached hydrogens (tertiary/aromatic N) is 1. The van der Waals surface area contributed by atoms with Gasteiger partial charge in [-0.3, -0.25) is 9.59 Å². The average Bonchev–Trinajstić information content (AvgIpc) is 2.72. The van der Waals surface area contributed by atoms with E-state index in [9.17, 15) is 14.0 Å². The Morgan fingerprint density at radius 1 is 1.10 bits per heavy atom. The Morgan fingerprint density at radius 3 is 2.45 bits per heavy atom. The SMILES string of the molecule is CC(C)CNC(=O)[C@@H](C)N(Cc1ccc(Cl)cc1Cl)C(=O)CSCc1ccccc1F. The highest BCUT2D eigenvalue weighted by Gasteiger charge is 2.26. The molecule has 2 aromatic carbocycles. The van der Waals surface area contributed by atoms with Crippen LogP contribution >= 0.6 is 35.0 Å². The van der Waals surface area contributed by atoms with Gasteiger partial charge in [0.05, 0.1) is 5.75 Å². The van der Waals surface area contributed by atoms with Crippen LogP contribution in [-0.4, -0.2) is 35.1 Å². The van der Waals surface area contributed by atoms with Gasteiger partial charge >= 0.3 is 0 Å². The number of hydrogen-bond acceptors (Lipinski definition) is 3. The van der Waals surface area contributed by atoms with Crippen molar-refractivity contribution >= 4 is 46.8 Å². The average molecular weight is 485 g/mol. The molecule has 31 heavy (non-hydrogen) atoms. The Hall–Kier alpha value is -1.76. The predicted molar refractivity (Wildman–Crippen MR) is 127 cm³/mol. The first-order valence-corrected chi connectivity index (χ1v) is 11.9. The third-order valence-electron chi connectivity index (χ3n) is 4.65. The molecule has 1 N–H and O–H groups in total. The van der Waals surface area contributed by atoms with Gasteiger partial charge < -0.3 is 10.2 Å². The van der Waals surface area contributed by atoms with Crippen molar-refractivity contribution in [3.8, 4) is 0 Å². The van der Waals surface area contributed by atoms with Gasteiger partial charge in [-0.1, -0.05) is 61.3 Å². The van der Waals surface area contributed by atoms with E-state index in [0.29, 0.717) is 39.4 Å². The van der Waals surface area contributed by atoms with E-state index in [2.05, 4.69) is 5.32 Å². The van der Waals surface area contributed by atoms with E-state index in [1.807, 2.05) is 13.8 Å². The maximum absolute atomic E-state index is 13.8. The fourth-order valence-corrected chi connectivity index (χ4v) is 4.18. The zero-order valence-electron chi connectivity index (χ0n) is 17.8. The van der Waals surface area contributed by atoms with Gasteiger partial charge in [0.2, 0.25) is 11.8 Å². The first-order chi connectivity index (χ1) is 14.7. The van der Waals surface area contributed by atoms with E-state index in [0.717, 1.165) is 0 Å². The zero-order valence-corrected chi connectivity index (χ0v) is 20.2. The first-order valence-electron chi connectivity index (χ1n) is 10.0. The lowest BCUT2D eigenvalue weighted by molar-refractivity contribution is -0.138. The highest BCUT2D eigenvalue weighted by atomic mass is 35.5. The predicted octanol–water partition coefficient (Wildman–Crippen LogP) is 5.56. The highest BCUT2D eigenvalue weighted by Crippen LogP contribution is 2.24. The molecule has 2 aromatic rings. The molecule has 0 bridgehead atoms. The molecule has 0 aromatic heterocycles. The molecule has 0 saturated heterocycles. The summed E-state index contributed by atoms with van der Waals surface area (Å²) < 4.78 is 13.8. The van der Waals surface area contributed by atoms with Crippen molar-refractivity contribution in [3.05, 3.63) is 69.5 Å². The molecule has 4 nitrogen and oxygen atoms in total. The number of rotatable bonds is 10. The molecule has 1 atom stereocenters. The monoisotopic (exact) mass is 484 g/mol. The summed E-state index contributed by atoms with van der Waals surface area (Å²) in [5, 5.41) is 3.80. The van der Waals surface area contributed by atoms with Crippen LogP contribution in [0.2, 0.25) is 10.0 Å². The minimum Gasteiger partial charge on any atom is -0.354 e. The number of hydrogen-bond donors (Lipinski definition) is 1. The minimum atomic E-state index is -0.688. The maximum atomic E-state index is 13.8. The number of benzene rings is 2. The Kier molecular flexibility index (Phi) is 10.1. The van der Waals surface area contributed by atoms with E-state index < -0.39 is 6.04 Å². The van der Waals surface area contributed by atoms with Crippen LogP contribution in [0.3, 0.4) is 0 Å². The van der Waals surface area contributed by atoms with Gasteiger partial charge in [0.15, 0.2) is 0 Å². The summed E-state index contributed by atoms with van der Waals surface area (Å²) in [6.07, 6.45) is 0. The third-order valence-corrected chi connectivity index (χ3v) is 6.20. The summed E-state index contributed by atoms with van der Waals surface area (Å²) in [6.45, 7) is 6.39. The second-order valence-corrected chi connectivity index (χ2v) is 9.49. The topological polar surface area (TPSA) is 49.4 Å². The van der Waals surface area contributed by atoms with Crippen molar-refractivity contribution in [2.75, 3.05) is 12.3 Å². The molecule has 0 aliphatic carbocycles. The van der Waals surface area contributed by atoms with Gasteiger partial charge in [0.25, 0.3) is 0 Å². The number of thioether (sulfide) groups is 1. The highest BCUT2D eigenvalue weighted by molar-refractivity contribution is 7.99. The van der Waals surface area contributed by atoms with Crippen molar-refractivity contribution in [2.45, 2.75) is 39.1 Å². The summed E-state index contributed by atoms with van der Waals surface area (Å²) in [5.74, 6) is 0.0188. The van der Waals surface area contributed by atoms with Crippen molar-refractivity contribution in [3.63, 3.8) is 0 Å². The largest absolute Gasteiger partial charge is 0.354 e. The smallest absolute Gasteiger partial charge is 0.242 e. The molecule has 0 saturated carbocycles. The molecule has 0 radical (unpaired) electrons. The van der Waals surface area contributed by atoms with Crippen molar-refractivity contribution < 1.29 is 14.0 Å². The molecule has 2 amide bonds. The van der Waals surface area contributed by atoms with Crippen LogP contribution in [0.4, 0.5) is 4.39 Å². The van der Waals surface area contributed by atoms with Crippen LogP contribution in [0, 0.1) is 11.7 Å². The van der Waals surface area contributed by atoms with Crippen LogP contribution in [-0.2, 0) is 21.9 Å². The molecule has 0 heterocycles. The summed E-state index contributed by atoms with van der Waals surface area (Å²) in [5.41, 5.74) is 1.23. The molecule has 0 aliphatic heterocycles. The molecule has 0 aliphatic rings. The summed E-state index contributed by atoms with van der Waals surface area (Å²) in [4.78, 5) is 27.2. The van der Waals surface area contributed by atoms with Gasteiger partial charge in [-0.05, 0) is 42.2 Å². The lowest BCUT2D eigenvalue weighted by atomic mass is 10.1. The quantitative estimate of drug-likeness (QED) is 0.480. The van der Waals surface area contributed by atoms with Crippen molar-refractivity contribution in [2.24, 2.45) is 5.92 Å². The fraction of sp³-hybridized carbons (Fsp3) is 0.391. The molecular formula is C23H27Cl2FN2O2S. The molecule has 0 spiro atoms. The Morgan fingerprint density at radius 2 is 1.81 bits per heavy atom. The van der Waals surface area contributed by atoms with Gasteiger partial charge in [0, 0.05) is 28.9 Å². The lowest BCUT2D eigenvalue weighted by Crippen LogP contribution is -2.48. The number of amides is 2. The summed E-state index contributed by atoms with van der Waals surface area (Å²) >= 11 is 13.6. The van der Waals surface area contributed by atoms with Crippen LogP contribution in [0.15, 0.2) is 42.5 Å². The number of halogens is 3. The molecule has 0 unspecified atom stereocenters. The first kappa shape index (κ1) is 25.5. The van der Waals surface area contributed by atoms with E-state index >= 15 is 0 Å². The molecule has 2 rings (SSSR count). The molecule has 8 heteroatoms. The molecular weight excluding hydrogens is 458 g/mol. The van der Waals surface area contributed by atoms with Crippen LogP contribution in [0.1, 0.15) is 31.9 Å². The van der Waals surface area contributed by atoms with E-state index in [1.165, 1.54) is 22.7 Å². The third kappa shape index (κ3) is 8.02. The number of nitrogens with one attached hydrogen (secondary N) is 1. The summed E-state index contributed by atoms with van der Waals surface area (Å²) in [6, 6.07) is 10.8. The van der Waals surface area contributed by atoms with Crippen molar-refractivity contribution in [1.82, 2.24) is 10.2 Å². The second kappa shape index (κ2) is 12.3. The van der Waals surface area contributed by atoms with Gasteiger partial charge in [0.1, 0.15) is 11.9 Å². The number of carbonyl (C=O) groups is 2. The van der Waals surface area contributed by atoms with E-state index in [1.54, 1.807) is 43.3 Å². The van der Waals surface area contributed by atoms with Crippen molar-refractivity contribution in [1.29, 1.82) is 0 Å². The minimum absolute atomic E-state index is 0.112. The van der Waals surface area contributed by atoms with Gasteiger partial charge in [-0.25, -0.2) is 4.39 Å². The summed E-state index contributed by atoms with van der Waals surface area (Å²) in [7, 11) is 0. The number of carbonyl (C=O) groups excluding carboxylic acids is 2. The normalized spacial score (nSPS) is 12.0. The van der Waals surface area contributed by atoms with Gasteiger partial charge in [-0.15, -0.1) is 11.8 Å². The fourth-order valence-electron chi connectivity index (χ4n) is 2.82. The van der Waals surface area contributed by atoms with E-state index in [-0.39, 0.29) is 29.9 Å². The Labute approximate surface area is 197 Å². The maximum Gasteiger partial charge on any atom is 0.242 e. The van der Waals surface area contributed by atoms with Crippen LogP contribution in [0.5, 0.6) is 0 Å². The standard InChI is InChI=1S/C23H27Cl2FN2O2S/c1-15(2)11-27-23(30)16(3)28(12-17-8-9-19(24)10-20(17)25)22(29)14-31-13-18-6-4-5-7-21(18)26/h4-10,15-16H,11-14H2,1-3H3,(H,27,30)/t16-/m1/s1. The molecule has 0 fully saturated rings. The van der Waals surface area contributed by atoms with Crippen LogP contribution in [0.25, 0.3) is 0 Å². The lowest BCUT2D eigenvalue weighted by Gasteiger charge is -2.29. The van der Waals surface area contributed by atoms with Crippen LogP contribution < -0.4 is 5.32 Å². The molecule has 168 valence electrons. The van der Waals surface area contributed by atoms with Gasteiger partial charge in [-0.2, -0.15) is 0 Å². The Balaban J connectivity index is 2.12.